The summed E-state index contributed by atoms with van der Waals surface area (Å²) in [4.78, 5) is 3.71. The average Bonchev–Trinajstić information content (AvgIpc) is 2.94. The van der Waals surface area contributed by atoms with Crippen molar-refractivity contribution in [2.45, 2.75) is 13.1 Å². The van der Waals surface area contributed by atoms with E-state index >= 15 is 0 Å². The number of thiophene rings is 2. The van der Waals surface area contributed by atoms with Crippen LogP contribution in [-0.4, -0.2) is 25.0 Å². The van der Waals surface area contributed by atoms with Gasteiger partial charge in [0.25, 0.3) is 0 Å². The van der Waals surface area contributed by atoms with Crippen LogP contribution in [0.3, 0.4) is 0 Å². The number of rotatable bonds is 7. The molecule has 0 unspecified atom stereocenters. The van der Waals surface area contributed by atoms with Crippen molar-refractivity contribution < 1.29 is 0 Å². The van der Waals surface area contributed by atoms with Gasteiger partial charge in [0.15, 0.2) is 0 Å². The Morgan fingerprint density at radius 2 is 2.05 bits per heavy atom. The van der Waals surface area contributed by atoms with Crippen molar-refractivity contribution >= 4 is 54.5 Å². The molecule has 0 aliphatic heterocycles. The second kappa shape index (κ2) is 7.90. The Bertz CT molecular complexity index is 510. The first kappa shape index (κ1) is 15.7. The molecule has 6 heteroatoms. The highest BCUT2D eigenvalue weighted by molar-refractivity contribution is 9.11. The van der Waals surface area contributed by atoms with Crippen molar-refractivity contribution in [3.63, 3.8) is 0 Å². The fourth-order valence-electron chi connectivity index (χ4n) is 1.75. The lowest BCUT2D eigenvalue weighted by Gasteiger charge is -2.15. The van der Waals surface area contributed by atoms with Gasteiger partial charge in [-0.15, -0.1) is 22.7 Å². The maximum absolute atomic E-state index is 3.50. The number of hydrogen-bond donors (Lipinski definition) is 1. The largest absolute Gasteiger partial charge is 0.311 e. The summed E-state index contributed by atoms with van der Waals surface area (Å²) in [5.41, 5.74) is 1.38. The highest BCUT2D eigenvalue weighted by Crippen LogP contribution is 2.21. The van der Waals surface area contributed by atoms with E-state index in [2.05, 4.69) is 72.0 Å². The standard InChI is InChI=1S/C13H16Br2N2S2/c1-17(7-10-4-13(15)19-8-10)3-2-16-6-12-5-11(14)9-18-12/h4-5,8-9,16H,2-3,6-7H2,1H3. The van der Waals surface area contributed by atoms with Crippen molar-refractivity contribution in [1.82, 2.24) is 10.2 Å². The minimum absolute atomic E-state index is 0.952. The van der Waals surface area contributed by atoms with E-state index in [9.17, 15) is 0 Å². The van der Waals surface area contributed by atoms with Crippen LogP contribution in [0.15, 0.2) is 31.2 Å². The lowest BCUT2D eigenvalue weighted by molar-refractivity contribution is 0.324. The Kier molecular flexibility index (Phi) is 6.52. The first-order chi connectivity index (χ1) is 9.13. The van der Waals surface area contributed by atoms with Gasteiger partial charge >= 0.3 is 0 Å². The molecule has 0 amide bonds. The summed E-state index contributed by atoms with van der Waals surface area (Å²) in [5, 5.41) is 7.81. The molecule has 0 spiro atoms. The molecule has 0 radical (unpaired) electrons. The van der Waals surface area contributed by atoms with Gasteiger partial charge in [0.05, 0.1) is 3.79 Å². The highest BCUT2D eigenvalue weighted by Gasteiger charge is 2.03. The minimum Gasteiger partial charge on any atom is -0.311 e. The smallest absolute Gasteiger partial charge is 0.0701 e. The van der Waals surface area contributed by atoms with Gasteiger partial charge in [0, 0.05) is 40.9 Å². The van der Waals surface area contributed by atoms with Crippen molar-refractivity contribution in [2.75, 3.05) is 20.1 Å². The molecule has 0 aliphatic rings. The topological polar surface area (TPSA) is 15.3 Å². The second-order valence-corrected chi connectivity index (χ2v) is 8.61. The molecule has 19 heavy (non-hydrogen) atoms. The Hall–Kier alpha value is 0.280. The monoisotopic (exact) mass is 422 g/mol. The molecule has 2 nitrogen and oxygen atoms in total. The van der Waals surface area contributed by atoms with E-state index in [-0.39, 0.29) is 0 Å². The van der Waals surface area contributed by atoms with Gasteiger partial charge in [-0.3, -0.25) is 0 Å². The normalized spacial score (nSPS) is 11.4. The summed E-state index contributed by atoms with van der Waals surface area (Å²) in [7, 11) is 2.16. The van der Waals surface area contributed by atoms with E-state index in [0.29, 0.717) is 0 Å². The lowest BCUT2D eigenvalue weighted by Crippen LogP contribution is -2.28. The highest BCUT2D eigenvalue weighted by atomic mass is 79.9. The van der Waals surface area contributed by atoms with Crippen molar-refractivity contribution in [3.05, 3.63) is 41.6 Å². The summed E-state index contributed by atoms with van der Waals surface area (Å²) < 4.78 is 2.38. The maximum atomic E-state index is 3.50. The zero-order chi connectivity index (χ0) is 13.7. The number of halogens is 2. The van der Waals surface area contributed by atoms with Crippen LogP contribution in [0, 0.1) is 0 Å². The Morgan fingerprint density at radius 1 is 1.21 bits per heavy atom. The Labute approximate surface area is 139 Å². The Balaban J connectivity index is 1.62. The molecule has 2 aromatic heterocycles. The number of nitrogens with one attached hydrogen (secondary N) is 1. The summed E-state index contributed by atoms with van der Waals surface area (Å²) in [6, 6.07) is 4.36. The van der Waals surface area contributed by atoms with Gasteiger partial charge in [-0.1, -0.05) is 0 Å². The van der Waals surface area contributed by atoms with E-state index < -0.39 is 0 Å². The van der Waals surface area contributed by atoms with Crippen molar-refractivity contribution in [2.24, 2.45) is 0 Å². The van der Waals surface area contributed by atoms with Crippen molar-refractivity contribution in [1.29, 1.82) is 0 Å². The molecule has 2 heterocycles. The number of nitrogens with zero attached hydrogens (tertiary/aromatic N) is 1. The van der Waals surface area contributed by atoms with E-state index in [4.69, 9.17) is 0 Å². The van der Waals surface area contributed by atoms with Gasteiger partial charge < -0.3 is 10.2 Å². The van der Waals surface area contributed by atoms with Crippen LogP contribution < -0.4 is 5.32 Å². The zero-order valence-corrected chi connectivity index (χ0v) is 15.5. The molecule has 2 rings (SSSR count). The van der Waals surface area contributed by atoms with Crippen LogP contribution in [0.4, 0.5) is 0 Å². The first-order valence-corrected chi connectivity index (χ1v) is 9.33. The van der Waals surface area contributed by atoms with Gasteiger partial charge in [-0.25, -0.2) is 0 Å². The molecule has 2 aromatic rings. The molecule has 0 fully saturated rings. The van der Waals surface area contributed by atoms with Gasteiger partial charge in [0.1, 0.15) is 0 Å². The molecule has 0 saturated carbocycles. The van der Waals surface area contributed by atoms with Crippen LogP contribution in [0.1, 0.15) is 10.4 Å². The summed E-state index contributed by atoms with van der Waals surface area (Å²) in [6.07, 6.45) is 0. The predicted octanol–water partition coefficient (Wildman–Crippen LogP) is 4.56. The van der Waals surface area contributed by atoms with Crippen LogP contribution >= 0.6 is 54.5 Å². The van der Waals surface area contributed by atoms with Crippen molar-refractivity contribution in [3.8, 4) is 0 Å². The number of likely N-dealkylation sites (N-methyl/N-ethyl adjacent to an activating group) is 1. The van der Waals surface area contributed by atoms with Gasteiger partial charge in [-0.2, -0.15) is 0 Å². The third kappa shape index (κ3) is 5.65. The Morgan fingerprint density at radius 3 is 2.68 bits per heavy atom. The van der Waals surface area contributed by atoms with Gasteiger partial charge in [0.2, 0.25) is 0 Å². The third-order valence-electron chi connectivity index (χ3n) is 2.67. The molecule has 104 valence electrons. The maximum Gasteiger partial charge on any atom is 0.0701 e. The minimum atomic E-state index is 0.952. The van der Waals surface area contributed by atoms with E-state index in [0.717, 1.165) is 26.2 Å². The van der Waals surface area contributed by atoms with E-state index in [1.807, 2.05) is 0 Å². The van der Waals surface area contributed by atoms with Gasteiger partial charge in [-0.05, 0) is 62.0 Å². The lowest BCUT2D eigenvalue weighted by atomic mass is 10.3. The van der Waals surface area contributed by atoms with Crippen LogP contribution in [0.5, 0.6) is 0 Å². The molecule has 0 aromatic carbocycles. The fourth-order valence-corrected chi connectivity index (χ4v) is 4.37. The van der Waals surface area contributed by atoms with Crippen LogP contribution in [-0.2, 0) is 13.1 Å². The summed E-state index contributed by atoms with van der Waals surface area (Å²) in [5.74, 6) is 0. The SMILES string of the molecule is CN(CCNCc1cc(Br)cs1)Cc1csc(Br)c1. The molecule has 0 aliphatic carbocycles. The molecule has 0 atom stereocenters. The summed E-state index contributed by atoms with van der Waals surface area (Å²) in [6.45, 7) is 4.03. The second-order valence-electron chi connectivity index (χ2n) is 4.40. The quantitative estimate of drug-likeness (QED) is 0.656. The average molecular weight is 424 g/mol. The molecular weight excluding hydrogens is 408 g/mol. The summed E-state index contributed by atoms with van der Waals surface area (Å²) >= 11 is 10.5. The molecule has 0 saturated heterocycles. The molecule has 0 bridgehead atoms. The first-order valence-electron chi connectivity index (χ1n) is 5.98. The fraction of sp³-hybridized carbons (Fsp3) is 0.385. The zero-order valence-electron chi connectivity index (χ0n) is 10.7. The van der Waals surface area contributed by atoms with Crippen LogP contribution in [0.2, 0.25) is 0 Å². The van der Waals surface area contributed by atoms with E-state index in [1.54, 1.807) is 22.7 Å². The van der Waals surface area contributed by atoms with E-state index in [1.165, 1.54) is 18.7 Å². The number of hydrogen-bond acceptors (Lipinski definition) is 4. The van der Waals surface area contributed by atoms with Crippen LogP contribution in [0.25, 0.3) is 0 Å². The third-order valence-corrected chi connectivity index (χ3v) is 5.92. The molecule has 1 N–H and O–H groups in total. The predicted molar refractivity (Wildman–Crippen MR) is 92.1 cm³/mol. The molecular formula is C13H16Br2N2S2.